The minimum Gasteiger partial charge on any atom is -0.378 e. The molecule has 0 aliphatic carbocycles. The average molecular weight is 264 g/mol. The lowest BCUT2D eigenvalue weighted by atomic mass is 10.1. The third-order valence-corrected chi connectivity index (χ3v) is 3.25. The summed E-state index contributed by atoms with van der Waals surface area (Å²) in [6.07, 6.45) is 1.84. The van der Waals surface area contributed by atoms with Gasteiger partial charge in [-0.2, -0.15) is 0 Å². The third kappa shape index (κ3) is 3.42. The molecule has 2 heterocycles. The van der Waals surface area contributed by atoms with Crippen LogP contribution in [0.5, 0.6) is 0 Å². The number of carbonyl (C=O) groups excluding carboxylic acids is 1. The van der Waals surface area contributed by atoms with Gasteiger partial charge in [-0.05, 0) is 11.6 Å². The van der Waals surface area contributed by atoms with Crippen molar-refractivity contribution in [3.8, 4) is 0 Å². The molecule has 1 aromatic rings. The Morgan fingerprint density at radius 2 is 2.37 bits per heavy atom. The molecule has 6 heteroatoms. The first-order chi connectivity index (χ1) is 9.24. The maximum Gasteiger partial charge on any atom is 0.239 e. The largest absolute Gasteiger partial charge is 0.378 e. The van der Waals surface area contributed by atoms with Gasteiger partial charge in [0.05, 0.1) is 13.2 Å². The zero-order valence-corrected chi connectivity index (χ0v) is 11.3. The van der Waals surface area contributed by atoms with Gasteiger partial charge in [-0.25, -0.2) is 4.98 Å². The molecule has 0 bridgehead atoms. The van der Waals surface area contributed by atoms with Crippen LogP contribution in [0.1, 0.15) is 5.56 Å². The maximum absolute atomic E-state index is 11.8. The normalized spacial score (nSPS) is 20.0. The molecule has 0 aromatic carbocycles. The summed E-state index contributed by atoms with van der Waals surface area (Å²) in [6.45, 7) is 2.57. The summed E-state index contributed by atoms with van der Waals surface area (Å²) >= 11 is 0. The number of aromatic nitrogens is 1. The topological polar surface area (TPSA) is 66.5 Å². The van der Waals surface area contributed by atoms with Crippen LogP contribution in [0.15, 0.2) is 18.3 Å². The van der Waals surface area contributed by atoms with Crippen LogP contribution in [-0.2, 0) is 16.1 Å². The highest BCUT2D eigenvalue weighted by Crippen LogP contribution is 2.13. The van der Waals surface area contributed by atoms with E-state index in [0.717, 1.165) is 17.9 Å². The standard InChI is InChI=1S/C13H20N4O2/c1-14-12-4-3-10(7-16-12)8-17-5-6-19-9-11(17)13(18)15-2/h3-4,7,11H,5-6,8-9H2,1-2H3,(H,14,16)(H,15,18). The number of anilines is 1. The number of nitrogens with one attached hydrogen (secondary N) is 2. The minimum atomic E-state index is -0.220. The Morgan fingerprint density at radius 3 is 3.00 bits per heavy atom. The Kier molecular flexibility index (Phi) is 4.70. The molecule has 1 amide bonds. The monoisotopic (exact) mass is 264 g/mol. The summed E-state index contributed by atoms with van der Waals surface area (Å²) in [5, 5.41) is 5.67. The molecule has 1 aliphatic rings. The van der Waals surface area contributed by atoms with E-state index in [0.29, 0.717) is 19.8 Å². The second-order valence-corrected chi connectivity index (χ2v) is 4.48. The molecule has 0 spiro atoms. The van der Waals surface area contributed by atoms with Crippen LogP contribution < -0.4 is 10.6 Å². The van der Waals surface area contributed by atoms with Crippen molar-refractivity contribution >= 4 is 11.7 Å². The van der Waals surface area contributed by atoms with Crippen LogP contribution in [0.3, 0.4) is 0 Å². The van der Waals surface area contributed by atoms with Crippen LogP contribution >= 0.6 is 0 Å². The molecule has 0 radical (unpaired) electrons. The highest BCUT2D eigenvalue weighted by atomic mass is 16.5. The SMILES string of the molecule is CNC(=O)C1COCCN1Cc1ccc(NC)nc1. The molecule has 2 rings (SSSR count). The van der Waals surface area contributed by atoms with Crippen molar-refractivity contribution in [2.45, 2.75) is 12.6 Å². The number of amides is 1. The first-order valence-corrected chi connectivity index (χ1v) is 6.40. The lowest BCUT2D eigenvalue weighted by molar-refractivity contribution is -0.132. The predicted molar refractivity (Wildman–Crippen MR) is 72.9 cm³/mol. The van der Waals surface area contributed by atoms with E-state index in [1.54, 1.807) is 7.05 Å². The van der Waals surface area contributed by atoms with Gasteiger partial charge < -0.3 is 15.4 Å². The Hall–Kier alpha value is -1.66. The highest BCUT2D eigenvalue weighted by Gasteiger charge is 2.28. The Balaban J connectivity index is 2.03. The van der Waals surface area contributed by atoms with Gasteiger partial charge >= 0.3 is 0 Å². The molecule has 1 atom stereocenters. The van der Waals surface area contributed by atoms with E-state index in [2.05, 4.69) is 20.5 Å². The van der Waals surface area contributed by atoms with E-state index in [1.165, 1.54) is 0 Å². The van der Waals surface area contributed by atoms with Crippen molar-refractivity contribution in [2.75, 3.05) is 39.2 Å². The van der Waals surface area contributed by atoms with Gasteiger partial charge in [0.1, 0.15) is 11.9 Å². The van der Waals surface area contributed by atoms with E-state index in [1.807, 2.05) is 25.4 Å². The minimum absolute atomic E-state index is 0.000459. The lowest BCUT2D eigenvalue weighted by Crippen LogP contribution is -2.52. The summed E-state index contributed by atoms with van der Waals surface area (Å²) < 4.78 is 5.38. The van der Waals surface area contributed by atoms with Crippen LogP contribution in [-0.4, -0.2) is 55.7 Å². The molecular formula is C13H20N4O2. The van der Waals surface area contributed by atoms with Gasteiger partial charge in [-0.3, -0.25) is 9.69 Å². The molecule has 1 saturated heterocycles. The van der Waals surface area contributed by atoms with Gasteiger partial charge in [-0.15, -0.1) is 0 Å². The molecule has 19 heavy (non-hydrogen) atoms. The van der Waals surface area contributed by atoms with Gasteiger partial charge in [-0.1, -0.05) is 6.07 Å². The Morgan fingerprint density at radius 1 is 1.53 bits per heavy atom. The molecule has 1 unspecified atom stereocenters. The third-order valence-electron chi connectivity index (χ3n) is 3.25. The zero-order chi connectivity index (χ0) is 13.7. The smallest absolute Gasteiger partial charge is 0.239 e. The summed E-state index contributed by atoms with van der Waals surface area (Å²) in [6, 6.07) is 3.74. The molecule has 2 N–H and O–H groups in total. The number of pyridine rings is 1. The number of hydrogen-bond acceptors (Lipinski definition) is 5. The van der Waals surface area contributed by atoms with Crippen molar-refractivity contribution in [3.05, 3.63) is 23.9 Å². The van der Waals surface area contributed by atoms with E-state index in [4.69, 9.17) is 4.74 Å². The fourth-order valence-electron chi connectivity index (χ4n) is 2.14. The second kappa shape index (κ2) is 6.49. The van der Waals surface area contributed by atoms with Crippen LogP contribution in [0.4, 0.5) is 5.82 Å². The van der Waals surface area contributed by atoms with Crippen LogP contribution in [0.25, 0.3) is 0 Å². The second-order valence-electron chi connectivity index (χ2n) is 4.48. The number of carbonyl (C=O) groups is 1. The fourth-order valence-corrected chi connectivity index (χ4v) is 2.14. The number of morpholine rings is 1. The van der Waals surface area contributed by atoms with Gasteiger partial charge in [0.2, 0.25) is 5.91 Å². The highest BCUT2D eigenvalue weighted by molar-refractivity contribution is 5.81. The zero-order valence-electron chi connectivity index (χ0n) is 11.3. The lowest BCUT2D eigenvalue weighted by Gasteiger charge is -2.34. The quantitative estimate of drug-likeness (QED) is 0.805. The number of hydrogen-bond donors (Lipinski definition) is 2. The number of likely N-dealkylation sites (N-methyl/N-ethyl adjacent to an activating group) is 1. The first-order valence-electron chi connectivity index (χ1n) is 6.40. The van der Waals surface area contributed by atoms with E-state index in [-0.39, 0.29) is 11.9 Å². The molecule has 0 saturated carbocycles. The molecular weight excluding hydrogens is 244 g/mol. The van der Waals surface area contributed by atoms with Crippen LogP contribution in [0.2, 0.25) is 0 Å². The maximum atomic E-state index is 11.8. The van der Waals surface area contributed by atoms with Crippen molar-refractivity contribution in [3.63, 3.8) is 0 Å². The van der Waals surface area contributed by atoms with Gasteiger partial charge in [0.15, 0.2) is 0 Å². The number of rotatable bonds is 4. The molecule has 1 fully saturated rings. The fraction of sp³-hybridized carbons (Fsp3) is 0.538. The molecule has 104 valence electrons. The Bertz CT molecular complexity index is 421. The molecule has 1 aromatic heterocycles. The van der Waals surface area contributed by atoms with Crippen molar-refractivity contribution in [2.24, 2.45) is 0 Å². The van der Waals surface area contributed by atoms with E-state index >= 15 is 0 Å². The van der Waals surface area contributed by atoms with Gasteiger partial charge in [0, 0.05) is 33.4 Å². The van der Waals surface area contributed by atoms with Gasteiger partial charge in [0.25, 0.3) is 0 Å². The molecule has 1 aliphatic heterocycles. The Labute approximate surface area is 113 Å². The van der Waals surface area contributed by atoms with E-state index in [9.17, 15) is 4.79 Å². The van der Waals surface area contributed by atoms with E-state index < -0.39 is 0 Å². The van der Waals surface area contributed by atoms with Crippen molar-refractivity contribution in [1.82, 2.24) is 15.2 Å². The summed E-state index contributed by atoms with van der Waals surface area (Å²) in [4.78, 5) is 18.2. The summed E-state index contributed by atoms with van der Waals surface area (Å²) in [5.41, 5.74) is 1.09. The number of ether oxygens (including phenoxy) is 1. The summed E-state index contributed by atoms with van der Waals surface area (Å²) in [7, 11) is 3.49. The average Bonchev–Trinajstić information content (AvgIpc) is 2.48. The number of nitrogens with zero attached hydrogens (tertiary/aromatic N) is 2. The first kappa shape index (κ1) is 13.8. The predicted octanol–water partition coefficient (Wildman–Crippen LogP) is 0.0701. The van der Waals surface area contributed by atoms with Crippen LogP contribution in [0, 0.1) is 0 Å². The molecule has 6 nitrogen and oxygen atoms in total. The van der Waals surface area contributed by atoms with Crippen molar-refractivity contribution < 1.29 is 9.53 Å². The summed E-state index contributed by atoms with van der Waals surface area (Å²) in [5.74, 6) is 0.841. The van der Waals surface area contributed by atoms with Crippen molar-refractivity contribution in [1.29, 1.82) is 0 Å².